The molecule has 9 heteroatoms. The normalized spacial score (nSPS) is 12.3. The van der Waals surface area contributed by atoms with Gasteiger partial charge in [-0.25, -0.2) is 9.59 Å². The Balaban J connectivity index is 1.51. The minimum absolute atomic E-state index is 0.175. The largest absolute Gasteiger partial charge is 0.482 e. The maximum atomic E-state index is 12.0. The standard InChI is InChI=1S/C20H22N2O7/c1-22(2)18(24)9-21-17(23)10-28-19(25)11-27-12-6-7-14-13-4-3-5-15(13)20(26)29-16(14)8-12/h6-8H,3-5,9-11H2,1-2H3,(H,21,23). The highest BCUT2D eigenvalue weighted by molar-refractivity contribution is 5.86. The lowest BCUT2D eigenvalue weighted by Gasteiger charge is -2.11. The van der Waals surface area contributed by atoms with Crippen LogP contribution in [0.5, 0.6) is 5.75 Å². The first kappa shape index (κ1) is 20.4. The molecule has 0 radical (unpaired) electrons. The van der Waals surface area contributed by atoms with E-state index in [1.54, 1.807) is 32.3 Å². The van der Waals surface area contributed by atoms with E-state index in [-0.39, 0.29) is 18.1 Å². The average molecular weight is 402 g/mol. The molecule has 0 bridgehead atoms. The molecule has 1 heterocycles. The molecule has 1 aromatic carbocycles. The minimum atomic E-state index is -0.741. The van der Waals surface area contributed by atoms with Crippen LogP contribution in [0, 0.1) is 0 Å². The van der Waals surface area contributed by atoms with Crippen molar-refractivity contribution >= 4 is 28.8 Å². The van der Waals surface area contributed by atoms with Crippen LogP contribution in [0.4, 0.5) is 0 Å². The Morgan fingerprint density at radius 2 is 1.90 bits per heavy atom. The van der Waals surface area contributed by atoms with Gasteiger partial charge in [-0.3, -0.25) is 9.59 Å². The molecule has 1 aromatic heterocycles. The number of ether oxygens (including phenoxy) is 2. The van der Waals surface area contributed by atoms with E-state index in [0.717, 1.165) is 35.8 Å². The van der Waals surface area contributed by atoms with Crippen LogP contribution in [0.15, 0.2) is 27.4 Å². The molecule has 1 aliphatic carbocycles. The highest BCUT2D eigenvalue weighted by atomic mass is 16.6. The fourth-order valence-electron chi connectivity index (χ4n) is 3.07. The van der Waals surface area contributed by atoms with Crippen LogP contribution in [0.25, 0.3) is 11.0 Å². The van der Waals surface area contributed by atoms with Crippen LogP contribution in [0.1, 0.15) is 17.5 Å². The van der Waals surface area contributed by atoms with Crippen LogP contribution in [-0.2, 0) is 32.0 Å². The first-order valence-corrected chi connectivity index (χ1v) is 9.19. The third-order valence-corrected chi connectivity index (χ3v) is 4.60. The molecule has 0 unspecified atom stereocenters. The molecule has 0 aliphatic heterocycles. The van der Waals surface area contributed by atoms with Gasteiger partial charge in [0.1, 0.15) is 11.3 Å². The van der Waals surface area contributed by atoms with Crippen molar-refractivity contribution in [3.63, 3.8) is 0 Å². The summed E-state index contributed by atoms with van der Waals surface area (Å²) in [5.41, 5.74) is 1.83. The molecule has 0 atom stereocenters. The smallest absolute Gasteiger partial charge is 0.344 e. The number of hydrogen-bond acceptors (Lipinski definition) is 7. The van der Waals surface area contributed by atoms with Gasteiger partial charge in [-0.2, -0.15) is 0 Å². The molecule has 9 nitrogen and oxygen atoms in total. The first-order chi connectivity index (χ1) is 13.8. The SMILES string of the molecule is CN(C)C(=O)CNC(=O)COC(=O)COc1ccc2c3c(c(=O)oc2c1)CCC3. The fourth-order valence-corrected chi connectivity index (χ4v) is 3.07. The van der Waals surface area contributed by atoms with Crippen LogP contribution in [0.2, 0.25) is 0 Å². The maximum Gasteiger partial charge on any atom is 0.344 e. The number of aryl methyl sites for hydroxylation is 1. The van der Waals surface area contributed by atoms with Gasteiger partial charge in [0.2, 0.25) is 5.91 Å². The van der Waals surface area contributed by atoms with Crippen LogP contribution < -0.4 is 15.7 Å². The molecule has 0 fully saturated rings. The summed E-state index contributed by atoms with van der Waals surface area (Å²) >= 11 is 0. The van der Waals surface area contributed by atoms with Crippen molar-refractivity contribution in [1.82, 2.24) is 10.2 Å². The van der Waals surface area contributed by atoms with Gasteiger partial charge < -0.3 is 24.1 Å². The number of fused-ring (bicyclic) bond motifs is 3. The Labute approximate surface area is 166 Å². The number of carbonyl (C=O) groups excluding carboxylic acids is 3. The van der Waals surface area contributed by atoms with Crippen molar-refractivity contribution in [3.8, 4) is 5.75 Å². The molecule has 2 aromatic rings. The number of amides is 2. The van der Waals surface area contributed by atoms with E-state index < -0.39 is 25.1 Å². The number of carbonyl (C=O) groups is 3. The number of likely N-dealkylation sites (N-methyl/N-ethyl adjacent to an activating group) is 1. The third-order valence-electron chi connectivity index (χ3n) is 4.60. The lowest BCUT2D eigenvalue weighted by molar-refractivity contribution is -0.150. The predicted molar refractivity (Wildman–Crippen MR) is 103 cm³/mol. The van der Waals surface area contributed by atoms with Gasteiger partial charge in [0.25, 0.3) is 5.91 Å². The van der Waals surface area contributed by atoms with E-state index in [4.69, 9.17) is 13.9 Å². The third kappa shape index (κ3) is 4.92. The van der Waals surface area contributed by atoms with Gasteiger partial charge in [-0.1, -0.05) is 0 Å². The zero-order valence-electron chi connectivity index (χ0n) is 16.3. The maximum absolute atomic E-state index is 12.0. The molecule has 0 spiro atoms. The Morgan fingerprint density at radius 1 is 1.14 bits per heavy atom. The number of hydrogen-bond donors (Lipinski definition) is 1. The summed E-state index contributed by atoms with van der Waals surface area (Å²) in [5.74, 6) is -1.26. The van der Waals surface area contributed by atoms with E-state index in [9.17, 15) is 19.2 Å². The van der Waals surface area contributed by atoms with E-state index in [0.29, 0.717) is 11.3 Å². The molecule has 0 saturated carbocycles. The summed E-state index contributed by atoms with van der Waals surface area (Å²) in [7, 11) is 3.13. The van der Waals surface area contributed by atoms with Crippen molar-refractivity contribution in [2.45, 2.75) is 19.3 Å². The number of nitrogens with zero attached hydrogens (tertiary/aromatic N) is 1. The van der Waals surface area contributed by atoms with E-state index in [2.05, 4.69) is 5.32 Å². The van der Waals surface area contributed by atoms with Crippen molar-refractivity contribution in [2.24, 2.45) is 0 Å². The molecule has 2 amide bonds. The Morgan fingerprint density at radius 3 is 2.66 bits per heavy atom. The molecule has 3 rings (SSSR count). The summed E-state index contributed by atoms with van der Waals surface area (Å²) in [5, 5.41) is 3.22. The summed E-state index contributed by atoms with van der Waals surface area (Å²) in [4.78, 5) is 48.1. The van der Waals surface area contributed by atoms with Crippen molar-refractivity contribution in [2.75, 3.05) is 33.9 Å². The van der Waals surface area contributed by atoms with Gasteiger partial charge in [-0.05, 0) is 37.0 Å². The summed E-state index contributed by atoms with van der Waals surface area (Å²) < 4.78 is 15.5. The van der Waals surface area contributed by atoms with E-state index >= 15 is 0 Å². The second-order valence-corrected chi connectivity index (χ2v) is 6.87. The van der Waals surface area contributed by atoms with Crippen LogP contribution >= 0.6 is 0 Å². The van der Waals surface area contributed by atoms with Crippen LogP contribution in [-0.4, -0.2) is 56.5 Å². The molecule has 1 N–H and O–H groups in total. The predicted octanol–water partition coefficient (Wildman–Crippen LogP) is 0.408. The second kappa shape index (κ2) is 8.76. The first-order valence-electron chi connectivity index (χ1n) is 9.19. The van der Waals surface area contributed by atoms with Crippen LogP contribution in [0.3, 0.4) is 0 Å². The Hall–Kier alpha value is -3.36. The number of esters is 1. The van der Waals surface area contributed by atoms with Crippen molar-refractivity contribution < 1.29 is 28.3 Å². The molecular weight excluding hydrogens is 380 g/mol. The van der Waals surface area contributed by atoms with Gasteiger partial charge in [-0.15, -0.1) is 0 Å². The zero-order chi connectivity index (χ0) is 21.0. The van der Waals surface area contributed by atoms with Gasteiger partial charge in [0, 0.05) is 31.1 Å². The van der Waals surface area contributed by atoms with E-state index in [1.807, 2.05) is 0 Å². The topological polar surface area (TPSA) is 115 Å². The minimum Gasteiger partial charge on any atom is -0.482 e. The molecular formula is C20H22N2O7. The number of benzene rings is 1. The lowest BCUT2D eigenvalue weighted by atomic mass is 10.1. The highest BCUT2D eigenvalue weighted by Crippen LogP contribution is 2.29. The summed E-state index contributed by atoms with van der Waals surface area (Å²) in [6, 6.07) is 5.05. The highest BCUT2D eigenvalue weighted by Gasteiger charge is 2.20. The Kier molecular flexibility index (Phi) is 6.16. The zero-order valence-corrected chi connectivity index (χ0v) is 16.3. The Bertz CT molecular complexity index is 1010. The summed E-state index contributed by atoms with van der Waals surface area (Å²) in [6.07, 6.45) is 2.50. The lowest BCUT2D eigenvalue weighted by Crippen LogP contribution is -2.38. The van der Waals surface area contributed by atoms with Gasteiger partial charge in [0.05, 0.1) is 6.54 Å². The average Bonchev–Trinajstić information content (AvgIpc) is 3.19. The fraction of sp³-hybridized carbons (Fsp3) is 0.400. The molecule has 0 saturated heterocycles. The van der Waals surface area contributed by atoms with Crippen molar-refractivity contribution in [1.29, 1.82) is 0 Å². The number of nitrogens with one attached hydrogen (secondary N) is 1. The molecule has 154 valence electrons. The van der Waals surface area contributed by atoms with Gasteiger partial charge >= 0.3 is 11.6 Å². The van der Waals surface area contributed by atoms with Crippen molar-refractivity contribution in [3.05, 3.63) is 39.7 Å². The van der Waals surface area contributed by atoms with Gasteiger partial charge in [0.15, 0.2) is 13.2 Å². The monoisotopic (exact) mass is 402 g/mol. The number of rotatable bonds is 7. The molecule has 29 heavy (non-hydrogen) atoms. The van der Waals surface area contributed by atoms with E-state index in [1.165, 1.54) is 4.90 Å². The molecule has 1 aliphatic rings. The second-order valence-electron chi connectivity index (χ2n) is 6.87. The quantitative estimate of drug-likeness (QED) is 0.527. The summed E-state index contributed by atoms with van der Waals surface area (Å²) in [6.45, 7) is -1.10.